The molecule has 1 aliphatic carbocycles. The van der Waals surface area contributed by atoms with Gasteiger partial charge in [0.15, 0.2) is 0 Å². The summed E-state index contributed by atoms with van der Waals surface area (Å²) in [4.78, 5) is 0. The molecule has 0 aromatic heterocycles. The quantitative estimate of drug-likeness (QED) is 0.349. The first-order valence-corrected chi connectivity index (χ1v) is 9.78. The maximum atomic E-state index is 14.6. The minimum atomic E-state index is -0.842. The molecule has 144 valence electrons. The summed E-state index contributed by atoms with van der Waals surface area (Å²) in [6.07, 6.45) is 5.01. The van der Waals surface area contributed by atoms with E-state index in [2.05, 4.69) is 19.1 Å². The zero-order valence-electron chi connectivity index (χ0n) is 16.4. The van der Waals surface area contributed by atoms with Crippen LogP contribution in [0.3, 0.4) is 0 Å². The van der Waals surface area contributed by atoms with Gasteiger partial charge in [-0.3, -0.25) is 0 Å². The normalized spacial score (nSPS) is 18.9. The first-order valence-electron chi connectivity index (χ1n) is 9.78. The van der Waals surface area contributed by atoms with E-state index < -0.39 is 17.5 Å². The van der Waals surface area contributed by atoms with Crippen LogP contribution in [0.25, 0.3) is 22.3 Å². The fourth-order valence-electron chi connectivity index (χ4n) is 4.13. The van der Waals surface area contributed by atoms with Gasteiger partial charge in [0.2, 0.25) is 0 Å². The van der Waals surface area contributed by atoms with Crippen LogP contribution >= 0.6 is 0 Å². The molecule has 0 bridgehead atoms. The van der Waals surface area contributed by atoms with Gasteiger partial charge in [0, 0.05) is 11.6 Å². The summed E-state index contributed by atoms with van der Waals surface area (Å²) < 4.78 is 41.4. The van der Waals surface area contributed by atoms with Crippen molar-refractivity contribution < 1.29 is 45.9 Å². The molecule has 0 heterocycles. The molecule has 4 heteroatoms. The second-order valence-corrected chi connectivity index (χ2v) is 7.84. The van der Waals surface area contributed by atoms with Gasteiger partial charge >= 0.3 is 32.7 Å². The maximum absolute atomic E-state index is 14.6. The van der Waals surface area contributed by atoms with Crippen molar-refractivity contribution in [3.8, 4) is 22.3 Å². The average molecular weight is 468 g/mol. The molecule has 4 rings (SSSR count). The molecule has 0 aliphatic heterocycles. The molecule has 0 N–H and O–H groups in total. The summed E-state index contributed by atoms with van der Waals surface area (Å²) in [6.45, 7) is 2.31. The summed E-state index contributed by atoms with van der Waals surface area (Å²) in [6, 6.07) is 17.2. The summed E-state index contributed by atoms with van der Waals surface area (Å²) in [5.41, 5.74) is 3.35. The molecule has 0 nitrogen and oxygen atoms in total. The van der Waals surface area contributed by atoms with Gasteiger partial charge in [-0.25, -0.2) is 13.2 Å². The number of rotatable bonds is 3. The predicted octanol–water partition coefficient (Wildman–Crippen LogP) is 7.53. The Balaban J connectivity index is 0.00000240. The van der Waals surface area contributed by atoms with Gasteiger partial charge < -0.3 is 0 Å². The zero-order chi connectivity index (χ0) is 19.7. The number of hydrogen-bond acceptors (Lipinski definition) is 0. The molecule has 1 saturated carbocycles. The molecule has 3 aromatic carbocycles. The van der Waals surface area contributed by atoms with Gasteiger partial charge in [-0.1, -0.05) is 56.2 Å². The topological polar surface area (TPSA) is 0 Å². The van der Waals surface area contributed by atoms with E-state index in [4.69, 9.17) is 0 Å². The molecule has 0 atom stereocenters. The summed E-state index contributed by atoms with van der Waals surface area (Å²) in [7, 11) is 0. The molecular formula is C25H22F3Y+2. The second-order valence-electron chi connectivity index (χ2n) is 7.84. The van der Waals surface area contributed by atoms with Gasteiger partial charge in [0.25, 0.3) is 0 Å². The Kier molecular flexibility index (Phi) is 7.34. The minimum Gasteiger partial charge on any atom is -0.236 e. The molecule has 29 heavy (non-hydrogen) atoms. The van der Waals surface area contributed by atoms with Crippen LogP contribution in [0.1, 0.15) is 44.1 Å². The van der Waals surface area contributed by atoms with Crippen molar-refractivity contribution in [1.29, 1.82) is 0 Å². The number of hydrogen-bond donors (Lipinski definition) is 0. The monoisotopic (exact) mass is 468 g/mol. The van der Waals surface area contributed by atoms with Crippen LogP contribution in [0.5, 0.6) is 0 Å². The van der Waals surface area contributed by atoms with Crippen LogP contribution in [0.4, 0.5) is 13.2 Å². The van der Waals surface area contributed by atoms with E-state index in [1.165, 1.54) is 37.3 Å². The number of benzene rings is 3. The van der Waals surface area contributed by atoms with Crippen LogP contribution in [0, 0.1) is 29.4 Å². The Labute approximate surface area is 195 Å². The Hall–Kier alpha value is -1.45. The van der Waals surface area contributed by atoms with Crippen molar-refractivity contribution in [2.75, 3.05) is 0 Å². The predicted molar refractivity (Wildman–Crippen MR) is 106 cm³/mol. The van der Waals surface area contributed by atoms with Crippen LogP contribution < -0.4 is 0 Å². The van der Waals surface area contributed by atoms with Crippen molar-refractivity contribution >= 4 is 0 Å². The van der Waals surface area contributed by atoms with E-state index in [9.17, 15) is 13.2 Å². The van der Waals surface area contributed by atoms with Crippen molar-refractivity contribution in [2.45, 2.75) is 38.5 Å². The third kappa shape index (κ3) is 5.19. The molecule has 1 aliphatic rings. The maximum Gasteiger partial charge on any atom is 3.00 e. The smallest absolute Gasteiger partial charge is 0.236 e. The molecule has 0 saturated heterocycles. The van der Waals surface area contributed by atoms with E-state index in [1.807, 2.05) is 18.2 Å². The molecule has 0 amide bonds. The van der Waals surface area contributed by atoms with Crippen LogP contribution in [-0.2, 0) is 32.7 Å². The Morgan fingerprint density at radius 3 is 1.90 bits per heavy atom. The van der Waals surface area contributed by atoms with Crippen molar-refractivity contribution in [3.63, 3.8) is 0 Å². The molecule has 3 aromatic rings. The van der Waals surface area contributed by atoms with Gasteiger partial charge in [0.1, 0.15) is 5.82 Å². The standard InChI is InChI=1S/C25H22F3.Y/c1-16-2-4-17(5-3-16)18-6-8-19(9-7-18)20-10-11-24(25(28)14-20)21-12-22(26)15-23(27)13-21;/h6-14,16-17H,2-5H2,1H3;/q-1;+3. The van der Waals surface area contributed by atoms with Crippen molar-refractivity contribution in [2.24, 2.45) is 5.92 Å². The van der Waals surface area contributed by atoms with Crippen molar-refractivity contribution in [3.05, 3.63) is 83.7 Å². The van der Waals surface area contributed by atoms with E-state index in [-0.39, 0.29) is 43.8 Å². The van der Waals surface area contributed by atoms with Crippen molar-refractivity contribution in [1.82, 2.24) is 0 Å². The van der Waals surface area contributed by atoms with Gasteiger partial charge in [-0.05, 0) is 53.0 Å². The van der Waals surface area contributed by atoms with E-state index >= 15 is 0 Å². The van der Waals surface area contributed by atoms with E-state index in [0.29, 0.717) is 5.92 Å². The fourth-order valence-corrected chi connectivity index (χ4v) is 4.13. The fraction of sp³-hybridized carbons (Fsp3) is 0.280. The molecule has 0 unspecified atom stereocenters. The zero-order valence-corrected chi connectivity index (χ0v) is 19.2. The van der Waals surface area contributed by atoms with Crippen LogP contribution in [0.2, 0.25) is 0 Å². The molecular weight excluding hydrogens is 446 g/mol. The van der Waals surface area contributed by atoms with Gasteiger partial charge in [-0.15, -0.1) is 23.8 Å². The first kappa shape index (κ1) is 22.2. The van der Waals surface area contributed by atoms with Gasteiger partial charge in [0.05, 0.1) is 0 Å². The van der Waals surface area contributed by atoms with Crippen LogP contribution in [-0.4, -0.2) is 0 Å². The SMILES string of the molecule is CC1CCC(c2ccc(-c3ccc(-c4cc(F)[c-]c(F)c4)c(F)c3)cc2)CC1.[Y+3]. The average Bonchev–Trinajstić information content (AvgIpc) is 2.68. The third-order valence-electron chi connectivity index (χ3n) is 5.81. The largest absolute Gasteiger partial charge is 3.00 e. The summed E-state index contributed by atoms with van der Waals surface area (Å²) >= 11 is 0. The first-order chi connectivity index (χ1) is 13.5. The number of halogens is 3. The minimum absolute atomic E-state index is 0. The summed E-state index contributed by atoms with van der Waals surface area (Å²) in [5, 5.41) is 0. The Bertz CT molecular complexity index is 954. The van der Waals surface area contributed by atoms with E-state index in [1.54, 1.807) is 12.1 Å². The van der Waals surface area contributed by atoms with Crippen LogP contribution in [0.15, 0.2) is 54.6 Å². The molecule has 0 radical (unpaired) electrons. The Morgan fingerprint density at radius 2 is 1.31 bits per heavy atom. The van der Waals surface area contributed by atoms with E-state index in [0.717, 1.165) is 29.2 Å². The molecule has 1 fully saturated rings. The third-order valence-corrected chi connectivity index (χ3v) is 5.81. The van der Waals surface area contributed by atoms with Gasteiger partial charge in [-0.2, -0.15) is 0 Å². The second kappa shape index (κ2) is 9.58. The molecule has 0 spiro atoms. The Morgan fingerprint density at radius 1 is 0.724 bits per heavy atom. The summed E-state index contributed by atoms with van der Waals surface area (Å²) in [5.74, 6) is -0.754.